The summed E-state index contributed by atoms with van der Waals surface area (Å²) < 4.78 is 15.8. The molecular formula is C11H23NO4. The predicted octanol–water partition coefficient (Wildman–Crippen LogP) is -0.236. The van der Waals surface area contributed by atoms with Gasteiger partial charge in [-0.15, -0.1) is 0 Å². The van der Waals surface area contributed by atoms with Gasteiger partial charge in [0.1, 0.15) is 0 Å². The summed E-state index contributed by atoms with van der Waals surface area (Å²) in [4.78, 5) is 0. The summed E-state index contributed by atoms with van der Waals surface area (Å²) in [5, 5.41) is 9.17. The van der Waals surface area contributed by atoms with Crippen molar-refractivity contribution in [1.29, 1.82) is 0 Å². The molecule has 0 aromatic carbocycles. The van der Waals surface area contributed by atoms with Gasteiger partial charge in [-0.05, 0) is 18.8 Å². The van der Waals surface area contributed by atoms with E-state index in [0.717, 1.165) is 26.1 Å². The van der Waals surface area contributed by atoms with E-state index >= 15 is 0 Å². The largest absolute Gasteiger partial charge is 0.394 e. The summed E-state index contributed by atoms with van der Waals surface area (Å²) in [5.41, 5.74) is 5.82. The van der Waals surface area contributed by atoms with Crippen molar-refractivity contribution in [2.45, 2.75) is 25.0 Å². The lowest BCUT2D eigenvalue weighted by Gasteiger charge is -2.26. The van der Waals surface area contributed by atoms with Gasteiger partial charge in [0, 0.05) is 20.3 Å². The Kier molecular flexibility index (Phi) is 6.91. The molecule has 1 fully saturated rings. The molecule has 16 heavy (non-hydrogen) atoms. The SMILES string of the molecule is COCC(N)C(CO)OCC1CCOCC1. The van der Waals surface area contributed by atoms with Crippen molar-refractivity contribution in [2.24, 2.45) is 11.7 Å². The van der Waals surface area contributed by atoms with Crippen molar-refractivity contribution in [1.82, 2.24) is 0 Å². The maximum Gasteiger partial charge on any atom is 0.0978 e. The highest BCUT2D eigenvalue weighted by Crippen LogP contribution is 2.15. The first kappa shape index (κ1) is 13.9. The van der Waals surface area contributed by atoms with Gasteiger partial charge in [-0.3, -0.25) is 0 Å². The number of methoxy groups -OCH3 is 1. The minimum atomic E-state index is -0.331. The van der Waals surface area contributed by atoms with Crippen LogP contribution in [0, 0.1) is 5.92 Å². The van der Waals surface area contributed by atoms with Crippen LogP contribution in [0.1, 0.15) is 12.8 Å². The molecule has 5 nitrogen and oxygen atoms in total. The minimum absolute atomic E-state index is 0.0618. The summed E-state index contributed by atoms with van der Waals surface area (Å²) >= 11 is 0. The second kappa shape index (κ2) is 7.97. The van der Waals surface area contributed by atoms with E-state index in [-0.39, 0.29) is 18.8 Å². The molecular weight excluding hydrogens is 210 g/mol. The molecule has 0 bridgehead atoms. The third-order valence-corrected chi connectivity index (χ3v) is 2.90. The van der Waals surface area contributed by atoms with Crippen LogP contribution in [0.2, 0.25) is 0 Å². The lowest BCUT2D eigenvalue weighted by Crippen LogP contribution is -2.43. The van der Waals surface area contributed by atoms with Gasteiger partial charge in [0.15, 0.2) is 0 Å². The summed E-state index contributed by atoms with van der Waals surface area (Å²) in [6.45, 7) is 2.60. The van der Waals surface area contributed by atoms with E-state index in [4.69, 9.17) is 25.1 Å². The molecule has 0 amide bonds. The van der Waals surface area contributed by atoms with Crippen molar-refractivity contribution < 1.29 is 19.3 Å². The fourth-order valence-electron chi connectivity index (χ4n) is 1.78. The Balaban J connectivity index is 2.21. The zero-order chi connectivity index (χ0) is 11.8. The van der Waals surface area contributed by atoms with Crippen LogP contribution in [-0.2, 0) is 14.2 Å². The van der Waals surface area contributed by atoms with E-state index < -0.39 is 0 Å². The topological polar surface area (TPSA) is 73.9 Å². The summed E-state index contributed by atoms with van der Waals surface area (Å²) in [7, 11) is 1.59. The number of hydrogen-bond acceptors (Lipinski definition) is 5. The molecule has 1 aliphatic rings. The molecule has 0 aromatic heterocycles. The van der Waals surface area contributed by atoms with Crippen LogP contribution >= 0.6 is 0 Å². The Bertz CT molecular complexity index is 173. The lowest BCUT2D eigenvalue weighted by molar-refractivity contribution is -0.0486. The molecule has 2 unspecified atom stereocenters. The second-order valence-corrected chi connectivity index (χ2v) is 4.23. The Morgan fingerprint density at radius 2 is 2.12 bits per heavy atom. The van der Waals surface area contributed by atoms with Crippen molar-refractivity contribution in [3.8, 4) is 0 Å². The highest BCUT2D eigenvalue weighted by atomic mass is 16.5. The zero-order valence-corrected chi connectivity index (χ0v) is 9.93. The van der Waals surface area contributed by atoms with Crippen LogP contribution in [0.25, 0.3) is 0 Å². The van der Waals surface area contributed by atoms with E-state index in [9.17, 15) is 0 Å². The molecule has 0 aliphatic carbocycles. The highest BCUT2D eigenvalue weighted by Gasteiger charge is 2.20. The van der Waals surface area contributed by atoms with Crippen LogP contribution in [0.5, 0.6) is 0 Å². The molecule has 0 radical (unpaired) electrons. The molecule has 1 heterocycles. The molecule has 96 valence electrons. The van der Waals surface area contributed by atoms with E-state index in [2.05, 4.69) is 0 Å². The number of hydrogen-bond donors (Lipinski definition) is 2. The molecule has 3 N–H and O–H groups in total. The number of nitrogens with two attached hydrogens (primary N) is 1. The van der Waals surface area contributed by atoms with E-state index in [1.165, 1.54) is 0 Å². The third kappa shape index (κ3) is 4.76. The van der Waals surface area contributed by atoms with Gasteiger partial charge in [0.2, 0.25) is 0 Å². The fourth-order valence-corrected chi connectivity index (χ4v) is 1.78. The average molecular weight is 233 g/mol. The number of rotatable bonds is 7. The number of aliphatic hydroxyl groups is 1. The smallest absolute Gasteiger partial charge is 0.0978 e. The molecule has 0 spiro atoms. The van der Waals surface area contributed by atoms with Crippen molar-refractivity contribution in [3.63, 3.8) is 0 Å². The van der Waals surface area contributed by atoms with Crippen LogP contribution in [-0.4, -0.2) is 57.4 Å². The Hall–Kier alpha value is -0.200. The highest BCUT2D eigenvalue weighted by molar-refractivity contribution is 4.73. The summed E-state index contributed by atoms with van der Waals surface area (Å²) in [6, 6.07) is -0.269. The normalized spacial score (nSPS) is 21.9. The van der Waals surface area contributed by atoms with Gasteiger partial charge in [-0.1, -0.05) is 0 Å². The van der Waals surface area contributed by atoms with E-state index in [1.54, 1.807) is 7.11 Å². The molecule has 0 aromatic rings. The van der Waals surface area contributed by atoms with Crippen LogP contribution < -0.4 is 5.73 Å². The first-order valence-electron chi connectivity index (χ1n) is 5.82. The number of ether oxygens (including phenoxy) is 3. The van der Waals surface area contributed by atoms with Gasteiger partial charge >= 0.3 is 0 Å². The number of aliphatic hydroxyl groups excluding tert-OH is 1. The summed E-state index contributed by atoms with van der Waals surface area (Å²) in [5.74, 6) is 0.526. The lowest BCUT2D eigenvalue weighted by atomic mass is 10.0. The second-order valence-electron chi connectivity index (χ2n) is 4.23. The van der Waals surface area contributed by atoms with E-state index in [0.29, 0.717) is 19.1 Å². The van der Waals surface area contributed by atoms with Crippen molar-refractivity contribution in [3.05, 3.63) is 0 Å². The van der Waals surface area contributed by atoms with Crippen molar-refractivity contribution in [2.75, 3.05) is 40.1 Å². The predicted molar refractivity (Wildman–Crippen MR) is 60.2 cm³/mol. The molecule has 1 rings (SSSR count). The Labute approximate surface area is 96.9 Å². The minimum Gasteiger partial charge on any atom is -0.394 e. The van der Waals surface area contributed by atoms with Gasteiger partial charge < -0.3 is 25.1 Å². The Morgan fingerprint density at radius 1 is 1.44 bits per heavy atom. The van der Waals surface area contributed by atoms with Gasteiger partial charge in [-0.2, -0.15) is 0 Å². The van der Waals surface area contributed by atoms with Gasteiger partial charge in [-0.25, -0.2) is 0 Å². The van der Waals surface area contributed by atoms with Crippen LogP contribution in [0.4, 0.5) is 0 Å². The van der Waals surface area contributed by atoms with E-state index in [1.807, 2.05) is 0 Å². The fraction of sp³-hybridized carbons (Fsp3) is 1.00. The molecule has 1 saturated heterocycles. The molecule has 2 atom stereocenters. The molecule has 1 aliphatic heterocycles. The monoisotopic (exact) mass is 233 g/mol. The van der Waals surface area contributed by atoms with Crippen molar-refractivity contribution >= 4 is 0 Å². The van der Waals surface area contributed by atoms with Crippen LogP contribution in [0.3, 0.4) is 0 Å². The third-order valence-electron chi connectivity index (χ3n) is 2.90. The quantitative estimate of drug-likeness (QED) is 0.635. The zero-order valence-electron chi connectivity index (χ0n) is 9.93. The maximum absolute atomic E-state index is 9.17. The summed E-state index contributed by atoms with van der Waals surface area (Å²) in [6.07, 6.45) is 1.72. The average Bonchev–Trinajstić information content (AvgIpc) is 2.31. The first-order chi connectivity index (χ1) is 7.77. The van der Waals surface area contributed by atoms with Gasteiger partial charge in [0.05, 0.1) is 32.0 Å². The van der Waals surface area contributed by atoms with Gasteiger partial charge in [0.25, 0.3) is 0 Å². The molecule has 5 heteroatoms. The first-order valence-corrected chi connectivity index (χ1v) is 5.82. The standard InChI is InChI=1S/C11H23NO4/c1-14-8-10(12)11(6-13)16-7-9-2-4-15-5-3-9/h9-11,13H,2-8,12H2,1H3. The van der Waals surface area contributed by atoms with Crippen LogP contribution in [0.15, 0.2) is 0 Å². The maximum atomic E-state index is 9.17. The Morgan fingerprint density at radius 3 is 2.69 bits per heavy atom. The molecule has 0 saturated carbocycles.